The third-order valence-corrected chi connectivity index (χ3v) is 2.76. The number of aliphatic hydroxyl groups excluding tert-OH is 1. The monoisotopic (exact) mass is 172 g/mol. The van der Waals surface area contributed by atoms with Crippen molar-refractivity contribution in [3.05, 3.63) is 0 Å². The number of ether oxygens (including phenoxy) is 1. The lowest BCUT2D eigenvalue weighted by Crippen LogP contribution is -2.23. The third kappa shape index (κ3) is 3.11. The van der Waals surface area contributed by atoms with E-state index in [1.54, 1.807) is 0 Å². The van der Waals surface area contributed by atoms with Crippen LogP contribution in [0.2, 0.25) is 0 Å². The third-order valence-electron chi connectivity index (χ3n) is 2.76. The lowest BCUT2D eigenvalue weighted by atomic mass is 9.85. The lowest BCUT2D eigenvalue weighted by Gasteiger charge is -2.28. The summed E-state index contributed by atoms with van der Waals surface area (Å²) in [6, 6.07) is 0. The van der Waals surface area contributed by atoms with E-state index in [2.05, 4.69) is 6.92 Å². The van der Waals surface area contributed by atoms with Gasteiger partial charge in [0.15, 0.2) is 0 Å². The van der Waals surface area contributed by atoms with Gasteiger partial charge < -0.3 is 9.84 Å². The minimum absolute atomic E-state index is 0.160. The van der Waals surface area contributed by atoms with Crippen molar-refractivity contribution in [1.82, 2.24) is 0 Å². The van der Waals surface area contributed by atoms with Crippen molar-refractivity contribution in [2.24, 2.45) is 5.92 Å². The van der Waals surface area contributed by atoms with Gasteiger partial charge in [-0.25, -0.2) is 0 Å². The van der Waals surface area contributed by atoms with Crippen LogP contribution in [0.3, 0.4) is 0 Å². The summed E-state index contributed by atoms with van der Waals surface area (Å²) in [5, 5.41) is 8.59. The highest BCUT2D eigenvalue weighted by molar-refractivity contribution is 4.72. The smallest absolute Gasteiger partial charge is 0.0701 e. The molecule has 0 saturated heterocycles. The number of aliphatic hydroxyl groups is 1. The fourth-order valence-corrected chi connectivity index (χ4v) is 1.98. The van der Waals surface area contributed by atoms with Gasteiger partial charge in [0.2, 0.25) is 0 Å². The van der Waals surface area contributed by atoms with E-state index in [-0.39, 0.29) is 6.61 Å². The molecule has 2 atom stereocenters. The van der Waals surface area contributed by atoms with Crippen LogP contribution in [0.1, 0.15) is 39.0 Å². The maximum absolute atomic E-state index is 8.59. The standard InChI is InChI=1S/C10H20O2/c1-2-9-4-3-5-10(8-9)12-7-6-11/h9-11H,2-8H2,1H3. The molecule has 1 N–H and O–H groups in total. The van der Waals surface area contributed by atoms with Gasteiger partial charge in [0.05, 0.1) is 19.3 Å². The van der Waals surface area contributed by atoms with E-state index in [0.717, 1.165) is 5.92 Å². The van der Waals surface area contributed by atoms with Crippen molar-refractivity contribution < 1.29 is 9.84 Å². The van der Waals surface area contributed by atoms with Crippen LogP contribution >= 0.6 is 0 Å². The molecule has 1 aliphatic rings. The van der Waals surface area contributed by atoms with Gasteiger partial charge in [-0.15, -0.1) is 0 Å². The van der Waals surface area contributed by atoms with Gasteiger partial charge in [-0.1, -0.05) is 26.2 Å². The molecule has 0 aromatic rings. The van der Waals surface area contributed by atoms with E-state index >= 15 is 0 Å². The summed E-state index contributed by atoms with van der Waals surface area (Å²) >= 11 is 0. The molecule has 0 spiro atoms. The van der Waals surface area contributed by atoms with E-state index in [9.17, 15) is 0 Å². The van der Waals surface area contributed by atoms with Gasteiger partial charge in [-0.3, -0.25) is 0 Å². The van der Waals surface area contributed by atoms with Gasteiger partial charge >= 0.3 is 0 Å². The van der Waals surface area contributed by atoms with E-state index in [1.165, 1.54) is 32.1 Å². The molecule has 0 amide bonds. The molecule has 0 aromatic heterocycles. The van der Waals surface area contributed by atoms with Crippen molar-refractivity contribution in [2.45, 2.75) is 45.1 Å². The molecule has 1 aliphatic carbocycles. The number of hydrogen-bond donors (Lipinski definition) is 1. The van der Waals surface area contributed by atoms with Crippen LogP contribution in [-0.2, 0) is 4.74 Å². The minimum atomic E-state index is 0.160. The second kappa shape index (κ2) is 5.55. The molecule has 0 bridgehead atoms. The largest absolute Gasteiger partial charge is 0.394 e. The number of rotatable bonds is 4. The Bertz CT molecular complexity index is 114. The molecule has 0 aliphatic heterocycles. The van der Waals surface area contributed by atoms with Crippen molar-refractivity contribution in [1.29, 1.82) is 0 Å². The molecule has 1 fully saturated rings. The Balaban J connectivity index is 2.16. The fraction of sp³-hybridized carbons (Fsp3) is 1.00. The van der Waals surface area contributed by atoms with Gasteiger partial charge in [0.1, 0.15) is 0 Å². The quantitative estimate of drug-likeness (QED) is 0.702. The molecule has 1 saturated carbocycles. The molecular weight excluding hydrogens is 152 g/mol. The van der Waals surface area contributed by atoms with Crippen molar-refractivity contribution >= 4 is 0 Å². The molecule has 0 aromatic carbocycles. The topological polar surface area (TPSA) is 29.5 Å². The van der Waals surface area contributed by atoms with E-state index < -0.39 is 0 Å². The summed E-state index contributed by atoms with van der Waals surface area (Å²) in [5.74, 6) is 0.863. The molecule has 12 heavy (non-hydrogen) atoms. The average molecular weight is 172 g/mol. The molecule has 2 nitrogen and oxygen atoms in total. The Kier molecular flexibility index (Phi) is 4.62. The van der Waals surface area contributed by atoms with Crippen LogP contribution in [0.5, 0.6) is 0 Å². The molecule has 2 unspecified atom stereocenters. The fourth-order valence-electron chi connectivity index (χ4n) is 1.98. The molecule has 0 heterocycles. The van der Waals surface area contributed by atoms with Crippen LogP contribution in [0, 0.1) is 5.92 Å². The highest BCUT2D eigenvalue weighted by Gasteiger charge is 2.20. The molecular formula is C10H20O2. The van der Waals surface area contributed by atoms with Crippen LogP contribution in [-0.4, -0.2) is 24.4 Å². The second-order valence-corrected chi connectivity index (χ2v) is 3.66. The molecule has 72 valence electrons. The van der Waals surface area contributed by atoms with Gasteiger partial charge in [0, 0.05) is 0 Å². The Labute approximate surface area is 74.9 Å². The van der Waals surface area contributed by atoms with Crippen LogP contribution in [0.25, 0.3) is 0 Å². The zero-order valence-electron chi connectivity index (χ0n) is 7.96. The van der Waals surface area contributed by atoms with E-state index in [1.807, 2.05) is 0 Å². The minimum Gasteiger partial charge on any atom is -0.394 e. The summed E-state index contributed by atoms with van der Waals surface area (Å²) in [6.07, 6.45) is 6.77. The normalized spacial score (nSPS) is 30.5. The van der Waals surface area contributed by atoms with Crippen molar-refractivity contribution in [3.63, 3.8) is 0 Å². The summed E-state index contributed by atoms with van der Waals surface area (Å²) < 4.78 is 5.51. The van der Waals surface area contributed by atoms with Gasteiger partial charge in [-0.05, 0) is 18.8 Å². The van der Waals surface area contributed by atoms with Crippen molar-refractivity contribution in [2.75, 3.05) is 13.2 Å². The van der Waals surface area contributed by atoms with Crippen LogP contribution < -0.4 is 0 Å². The Morgan fingerprint density at radius 1 is 1.42 bits per heavy atom. The molecule has 1 rings (SSSR count). The SMILES string of the molecule is CCC1CCCC(OCCO)C1. The zero-order valence-corrected chi connectivity index (χ0v) is 7.96. The molecule has 0 radical (unpaired) electrons. The van der Waals surface area contributed by atoms with E-state index in [4.69, 9.17) is 9.84 Å². The van der Waals surface area contributed by atoms with Gasteiger partial charge in [0.25, 0.3) is 0 Å². The zero-order chi connectivity index (χ0) is 8.81. The molecule has 2 heteroatoms. The first-order chi connectivity index (χ1) is 5.86. The Hall–Kier alpha value is -0.0800. The predicted octanol–water partition coefficient (Wildman–Crippen LogP) is 1.96. The average Bonchev–Trinajstić information content (AvgIpc) is 2.15. The Morgan fingerprint density at radius 2 is 2.25 bits per heavy atom. The van der Waals surface area contributed by atoms with Crippen molar-refractivity contribution in [3.8, 4) is 0 Å². The summed E-state index contributed by atoms with van der Waals surface area (Å²) in [4.78, 5) is 0. The van der Waals surface area contributed by atoms with E-state index in [0.29, 0.717) is 12.7 Å². The first-order valence-corrected chi connectivity index (χ1v) is 5.09. The lowest BCUT2D eigenvalue weighted by molar-refractivity contribution is -0.00423. The van der Waals surface area contributed by atoms with Crippen LogP contribution in [0.15, 0.2) is 0 Å². The first kappa shape index (κ1) is 10.0. The number of hydrogen-bond acceptors (Lipinski definition) is 2. The maximum Gasteiger partial charge on any atom is 0.0701 e. The highest BCUT2D eigenvalue weighted by atomic mass is 16.5. The summed E-state index contributed by atoms with van der Waals surface area (Å²) in [7, 11) is 0. The second-order valence-electron chi connectivity index (χ2n) is 3.66. The predicted molar refractivity (Wildman–Crippen MR) is 49.1 cm³/mol. The Morgan fingerprint density at radius 3 is 2.92 bits per heavy atom. The summed E-state index contributed by atoms with van der Waals surface area (Å²) in [5.41, 5.74) is 0. The summed E-state index contributed by atoms with van der Waals surface area (Å²) in [6.45, 7) is 2.92. The van der Waals surface area contributed by atoms with Crippen LogP contribution in [0.4, 0.5) is 0 Å². The maximum atomic E-state index is 8.59. The first-order valence-electron chi connectivity index (χ1n) is 5.09. The highest BCUT2D eigenvalue weighted by Crippen LogP contribution is 2.28. The van der Waals surface area contributed by atoms with Gasteiger partial charge in [-0.2, -0.15) is 0 Å².